The topological polar surface area (TPSA) is 27.7 Å². The highest BCUT2D eigenvalue weighted by molar-refractivity contribution is 6.76. The summed E-state index contributed by atoms with van der Waals surface area (Å²) in [6.07, 6.45) is 2.03. The third-order valence-electron chi connectivity index (χ3n) is 7.16. The van der Waals surface area contributed by atoms with Crippen molar-refractivity contribution in [3.63, 3.8) is 0 Å². The zero-order valence-electron chi connectivity index (χ0n) is 20.2. The summed E-state index contributed by atoms with van der Waals surface area (Å²) in [5.41, 5.74) is 1.89. The quantitative estimate of drug-likeness (QED) is 0.178. The first-order chi connectivity index (χ1) is 13.2. The molecule has 0 aliphatic heterocycles. The zero-order chi connectivity index (χ0) is 21.9. The molecule has 0 N–H and O–H groups in total. The van der Waals surface area contributed by atoms with Crippen LogP contribution in [0.4, 0.5) is 0 Å². The van der Waals surface area contributed by atoms with Crippen LogP contribution < -0.4 is 0 Å². The molecule has 0 atom stereocenters. The zero-order valence-corrected chi connectivity index (χ0v) is 24.2. The van der Waals surface area contributed by atoms with Crippen LogP contribution >= 0.6 is 0 Å². The minimum absolute atomic E-state index is 1.03. The first-order valence-corrected chi connectivity index (χ1v) is 19.8. The van der Waals surface area contributed by atoms with E-state index >= 15 is 0 Å². The first kappa shape index (κ1) is 28.5. The molecule has 0 saturated carbocycles. The van der Waals surface area contributed by atoms with Gasteiger partial charge in [0.05, 0.1) is 10.2 Å². The lowest BCUT2D eigenvalue weighted by Crippen LogP contribution is -2.59. The molecule has 0 fully saturated rings. The fourth-order valence-corrected chi connectivity index (χ4v) is 12.6. The monoisotopic (exact) mass is 459 g/mol. The second-order valence-corrected chi connectivity index (χ2v) is 22.4. The van der Waals surface area contributed by atoms with Crippen molar-refractivity contribution in [2.75, 3.05) is 0 Å². The van der Waals surface area contributed by atoms with Crippen LogP contribution in [0.2, 0.25) is 54.4 Å². The van der Waals surface area contributed by atoms with Gasteiger partial charge in [0.1, 0.15) is 0 Å². The molecule has 0 aliphatic carbocycles. The third kappa shape index (κ3) is 7.03. The van der Waals surface area contributed by atoms with Gasteiger partial charge in [0, 0.05) is 0 Å². The average Bonchev–Trinajstić information content (AvgIpc) is 2.75. The van der Waals surface area contributed by atoms with Crippen LogP contribution in [0.15, 0.2) is 11.8 Å². The molecular weight excluding hydrogens is 413 g/mol. The van der Waals surface area contributed by atoms with Crippen LogP contribution in [0.5, 0.6) is 0 Å². The summed E-state index contributed by atoms with van der Waals surface area (Å²) in [6.45, 7) is 20.5. The molecule has 0 rings (SSSR count). The lowest BCUT2D eigenvalue weighted by atomic mass is 10.5. The Hall–Kier alpha value is 0.488. The van der Waals surface area contributed by atoms with E-state index in [9.17, 15) is 0 Å². The Kier molecular flexibility index (Phi) is 13.2. The summed E-state index contributed by atoms with van der Waals surface area (Å²) in [5, 5.41) is 0. The normalized spacial score (nSPS) is 14.2. The van der Waals surface area contributed by atoms with E-state index in [1.54, 1.807) is 0 Å². The molecule has 28 heavy (non-hydrogen) atoms. The van der Waals surface area contributed by atoms with Gasteiger partial charge in [-0.05, 0) is 60.5 Å². The summed E-state index contributed by atoms with van der Waals surface area (Å²) in [4.78, 5) is 0. The van der Waals surface area contributed by atoms with Gasteiger partial charge in [-0.15, -0.1) is 0 Å². The molecular formula is C21H47O3Si4. The number of rotatable bonds is 16. The maximum atomic E-state index is 7.08. The highest BCUT2D eigenvalue weighted by Crippen LogP contribution is 2.39. The van der Waals surface area contributed by atoms with Crippen molar-refractivity contribution in [1.29, 1.82) is 0 Å². The maximum absolute atomic E-state index is 7.08. The van der Waals surface area contributed by atoms with Crippen molar-refractivity contribution < 1.29 is 13.3 Å². The predicted molar refractivity (Wildman–Crippen MR) is 132 cm³/mol. The van der Waals surface area contributed by atoms with Crippen molar-refractivity contribution in [3.8, 4) is 0 Å². The fourth-order valence-electron chi connectivity index (χ4n) is 4.07. The SMILES string of the molecule is CC[Si](CC)(CC)OC(C=C[Si])(O[Si](CC)(CC)CC)O[Si](CC)(CC)CC. The molecule has 0 spiro atoms. The lowest BCUT2D eigenvalue weighted by molar-refractivity contribution is -0.235. The maximum Gasteiger partial charge on any atom is 0.275 e. The van der Waals surface area contributed by atoms with Crippen molar-refractivity contribution in [3.05, 3.63) is 11.8 Å². The van der Waals surface area contributed by atoms with Crippen LogP contribution in [-0.2, 0) is 13.3 Å². The average molecular weight is 460 g/mol. The van der Waals surface area contributed by atoms with Crippen LogP contribution in [0.25, 0.3) is 0 Å². The molecule has 3 radical (unpaired) electrons. The van der Waals surface area contributed by atoms with E-state index in [0.717, 1.165) is 54.4 Å². The molecule has 0 aromatic carbocycles. The van der Waals surface area contributed by atoms with E-state index in [-0.39, 0.29) is 0 Å². The minimum atomic E-state index is -1.94. The van der Waals surface area contributed by atoms with E-state index < -0.39 is 30.9 Å². The highest BCUT2D eigenvalue weighted by Gasteiger charge is 2.50. The van der Waals surface area contributed by atoms with Gasteiger partial charge in [-0.1, -0.05) is 68.0 Å². The Bertz CT molecular complexity index is 365. The molecule has 0 unspecified atom stereocenters. The van der Waals surface area contributed by atoms with Crippen molar-refractivity contribution >= 4 is 35.2 Å². The van der Waals surface area contributed by atoms with Crippen LogP contribution in [0.1, 0.15) is 62.3 Å². The highest BCUT2D eigenvalue weighted by atomic mass is 28.4. The van der Waals surface area contributed by atoms with Gasteiger partial charge in [-0.25, -0.2) is 0 Å². The standard InChI is InChI=1S/C21H47O3Si4/c1-10-26(11-2,12-3)22-21(19-20-25,23-27(13-4,14-5)15-6)24-28(16-7,17-8)18-9/h19-20H,10-18H2,1-9H3. The molecule has 0 aromatic rings. The van der Waals surface area contributed by atoms with Gasteiger partial charge >= 0.3 is 0 Å². The number of hydrogen-bond donors (Lipinski definition) is 0. The Morgan fingerprint density at radius 1 is 0.536 bits per heavy atom. The van der Waals surface area contributed by atoms with Crippen molar-refractivity contribution in [2.24, 2.45) is 0 Å². The molecule has 3 nitrogen and oxygen atoms in total. The van der Waals surface area contributed by atoms with E-state index in [0.29, 0.717) is 0 Å². The van der Waals surface area contributed by atoms with Crippen LogP contribution in [0.3, 0.4) is 0 Å². The summed E-state index contributed by atoms with van der Waals surface area (Å²) < 4.78 is 21.2. The van der Waals surface area contributed by atoms with E-state index in [4.69, 9.17) is 13.3 Å². The Labute approximate surface area is 182 Å². The molecule has 0 aliphatic rings. The second kappa shape index (κ2) is 13.0. The molecule has 7 heteroatoms. The third-order valence-corrected chi connectivity index (χ3v) is 21.1. The number of hydrogen-bond acceptors (Lipinski definition) is 3. The van der Waals surface area contributed by atoms with Crippen LogP contribution in [0, 0.1) is 0 Å². The van der Waals surface area contributed by atoms with Crippen molar-refractivity contribution in [1.82, 2.24) is 0 Å². The van der Waals surface area contributed by atoms with Gasteiger partial charge in [-0.3, -0.25) is 0 Å². The predicted octanol–water partition coefficient (Wildman–Crippen LogP) is 7.39. The first-order valence-electron chi connectivity index (χ1n) is 11.7. The summed E-state index contributed by atoms with van der Waals surface area (Å²) >= 11 is 0. The van der Waals surface area contributed by atoms with E-state index in [1.165, 1.54) is 0 Å². The lowest BCUT2D eigenvalue weighted by Gasteiger charge is -2.49. The van der Waals surface area contributed by atoms with Gasteiger partial charge in [0.15, 0.2) is 25.0 Å². The fraction of sp³-hybridized carbons (Fsp3) is 0.905. The Balaban J connectivity index is 6.48. The van der Waals surface area contributed by atoms with Crippen LogP contribution in [-0.4, -0.2) is 41.2 Å². The van der Waals surface area contributed by atoms with E-state index in [1.807, 2.05) is 11.8 Å². The minimum Gasteiger partial charge on any atom is -0.367 e. The molecule has 0 heterocycles. The second-order valence-electron chi connectivity index (χ2n) is 7.97. The molecule has 0 saturated heterocycles. The van der Waals surface area contributed by atoms with Crippen molar-refractivity contribution in [2.45, 2.75) is 123 Å². The van der Waals surface area contributed by atoms with E-state index in [2.05, 4.69) is 72.6 Å². The molecule has 0 bridgehead atoms. The molecule has 0 aromatic heterocycles. The largest absolute Gasteiger partial charge is 0.367 e. The van der Waals surface area contributed by atoms with Gasteiger partial charge in [0.2, 0.25) is 0 Å². The Morgan fingerprint density at radius 2 is 0.750 bits per heavy atom. The smallest absolute Gasteiger partial charge is 0.275 e. The molecule has 165 valence electrons. The summed E-state index contributed by atoms with van der Waals surface area (Å²) in [7, 11) is -2.25. The summed E-state index contributed by atoms with van der Waals surface area (Å²) in [6, 6.07) is 9.77. The van der Waals surface area contributed by atoms with Gasteiger partial charge < -0.3 is 13.3 Å². The van der Waals surface area contributed by atoms with Gasteiger partial charge in [0.25, 0.3) is 5.97 Å². The van der Waals surface area contributed by atoms with Gasteiger partial charge in [-0.2, -0.15) is 0 Å². The summed E-state index contributed by atoms with van der Waals surface area (Å²) in [5.74, 6) is -1.03. The Morgan fingerprint density at radius 3 is 0.893 bits per heavy atom. The molecule has 0 amide bonds.